The number of anilines is 2. The Hall–Kier alpha value is -4.24. The molecule has 1 aliphatic rings. The maximum absolute atomic E-state index is 13.1. The second kappa shape index (κ2) is 11.5. The number of hydrogen-bond acceptors (Lipinski definition) is 12. The number of carbonyl (C=O) groups is 1. The predicted octanol–water partition coefficient (Wildman–Crippen LogP) is 0.395. The summed E-state index contributed by atoms with van der Waals surface area (Å²) in [5.41, 5.74) is 0.784. The van der Waals surface area contributed by atoms with Crippen LogP contribution in [0.1, 0.15) is 21.7 Å². The molecule has 15 nitrogen and oxygen atoms in total. The van der Waals surface area contributed by atoms with Crippen LogP contribution in [0, 0.1) is 18.3 Å². The van der Waals surface area contributed by atoms with Crippen LogP contribution in [-0.2, 0) is 20.3 Å². The Morgan fingerprint density at radius 3 is 2.35 bits per heavy atom. The average molecular weight is 588 g/mol. The van der Waals surface area contributed by atoms with Gasteiger partial charge in [-0.05, 0) is 37.3 Å². The minimum Gasteiger partial charge on any atom is -0.370 e. The van der Waals surface area contributed by atoms with E-state index in [9.17, 15) is 21.6 Å². The predicted molar refractivity (Wildman–Crippen MR) is 142 cm³/mol. The summed E-state index contributed by atoms with van der Waals surface area (Å²) in [6.45, 7) is 2.63. The van der Waals surface area contributed by atoms with Gasteiger partial charge in [0, 0.05) is 46.0 Å². The first-order valence-electron chi connectivity index (χ1n) is 11.8. The number of aromatic nitrogens is 4. The molecule has 3 heterocycles. The number of nitrogens with one attached hydrogen (secondary N) is 1. The van der Waals surface area contributed by atoms with Crippen LogP contribution in [0.2, 0.25) is 0 Å². The SMILES string of the molecule is Cc1cc(C#N)nc(N2CCN(S(=O)(=O)c3ccc(NC(=O)c4ccccc4OS(=O)(=O)N(C)C)nn3)CC2)n1. The van der Waals surface area contributed by atoms with Crippen LogP contribution in [0.3, 0.4) is 0 Å². The third-order valence-corrected chi connectivity index (χ3v) is 8.81. The molecule has 40 heavy (non-hydrogen) atoms. The van der Waals surface area contributed by atoms with E-state index in [1.165, 1.54) is 54.8 Å². The molecule has 17 heteroatoms. The molecule has 0 unspecified atom stereocenters. The van der Waals surface area contributed by atoms with Gasteiger partial charge in [-0.15, -0.1) is 10.2 Å². The van der Waals surface area contributed by atoms with Gasteiger partial charge in [0.15, 0.2) is 16.6 Å². The highest BCUT2D eigenvalue weighted by Gasteiger charge is 2.31. The second-order valence-corrected chi connectivity index (χ2v) is 12.4. The minimum atomic E-state index is -4.11. The molecule has 1 N–H and O–H groups in total. The van der Waals surface area contributed by atoms with E-state index in [-0.39, 0.29) is 40.9 Å². The zero-order chi connectivity index (χ0) is 29.1. The number of nitrogens with zero attached hydrogens (tertiary/aromatic N) is 8. The smallest absolute Gasteiger partial charge is 0.370 e. The summed E-state index contributed by atoms with van der Waals surface area (Å²) in [5.74, 6) is -0.618. The molecule has 3 aromatic rings. The van der Waals surface area contributed by atoms with Crippen molar-refractivity contribution < 1.29 is 25.8 Å². The standard InChI is InChI=1S/C23H25N9O6S2/c1-16-14-17(15-24)26-23(25-16)31-10-12-32(13-11-31)39(34,35)21-9-8-20(28-29-21)27-22(33)18-6-4-5-7-19(18)38-40(36,37)30(2)3/h4-9,14H,10-13H2,1-3H3,(H,27,28,33). The van der Waals surface area contributed by atoms with E-state index in [4.69, 9.17) is 9.44 Å². The maximum Gasteiger partial charge on any atom is 0.384 e. The molecule has 1 fully saturated rings. The van der Waals surface area contributed by atoms with Crippen molar-refractivity contribution >= 4 is 38.0 Å². The van der Waals surface area contributed by atoms with Gasteiger partial charge in [-0.25, -0.2) is 18.4 Å². The van der Waals surface area contributed by atoms with Crippen LogP contribution < -0.4 is 14.4 Å². The molecule has 1 aliphatic heterocycles. The number of piperazine rings is 1. The topological polar surface area (TPSA) is 192 Å². The molecular weight excluding hydrogens is 562 g/mol. The lowest BCUT2D eigenvalue weighted by Crippen LogP contribution is -2.49. The Morgan fingerprint density at radius 2 is 1.73 bits per heavy atom. The number of benzene rings is 1. The van der Waals surface area contributed by atoms with Crippen molar-refractivity contribution in [1.82, 2.24) is 28.8 Å². The molecule has 210 valence electrons. The monoisotopic (exact) mass is 587 g/mol. The number of amides is 1. The van der Waals surface area contributed by atoms with Crippen LogP contribution in [0.25, 0.3) is 0 Å². The molecule has 0 radical (unpaired) electrons. The summed E-state index contributed by atoms with van der Waals surface area (Å²) < 4.78 is 57.6. The van der Waals surface area contributed by atoms with Gasteiger partial charge in [-0.3, -0.25) is 4.79 Å². The number of carbonyl (C=O) groups excluding carboxylic acids is 1. The van der Waals surface area contributed by atoms with Crippen molar-refractivity contribution in [3.8, 4) is 11.8 Å². The molecule has 0 aliphatic carbocycles. The van der Waals surface area contributed by atoms with Gasteiger partial charge in [0.2, 0.25) is 5.95 Å². The van der Waals surface area contributed by atoms with Crippen LogP contribution in [0.5, 0.6) is 5.75 Å². The van der Waals surface area contributed by atoms with Gasteiger partial charge in [0.05, 0.1) is 5.56 Å². The van der Waals surface area contributed by atoms with Gasteiger partial charge >= 0.3 is 10.3 Å². The number of hydrogen-bond donors (Lipinski definition) is 1. The highest BCUT2D eigenvalue weighted by Crippen LogP contribution is 2.23. The first kappa shape index (κ1) is 28.8. The second-order valence-electron chi connectivity index (χ2n) is 8.73. The van der Waals surface area contributed by atoms with Crippen molar-refractivity contribution in [3.05, 3.63) is 59.4 Å². The van der Waals surface area contributed by atoms with Gasteiger partial charge in [0.1, 0.15) is 11.8 Å². The normalized spacial score (nSPS) is 14.5. The van der Waals surface area contributed by atoms with Gasteiger partial charge in [0.25, 0.3) is 15.9 Å². The average Bonchev–Trinajstić information content (AvgIpc) is 2.93. The summed E-state index contributed by atoms with van der Waals surface area (Å²) in [6.07, 6.45) is 0. The lowest BCUT2D eigenvalue weighted by atomic mass is 10.2. The van der Waals surface area contributed by atoms with E-state index < -0.39 is 26.2 Å². The van der Waals surface area contributed by atoms with Crippen molar-refractivity contribution in [3.63, 3.8) is 0 Å². The zero-order valence-corrected chi connectivity index (χ0v) is 23.3. The summed E-state index contributed by atoms with van der Waals surface area (Å²) >= 11 is 0. The van der Waals surface area contributed by atoms with E-state index in [2.05, 4.69) is 25.5 Å². The Kier molecular flexibility index (Phi) is 8.25. The van der Waals surface area contributed by atoms with E-state index in [1.54, 1.807) is 17.9 Å². The Morgan fingerprint density at radius 1 is 1.02 bits per heavy atom. The summed E-state index contributed by atoms with van der Waals surface area (Å²) in [4.78, 5) is 23.1. The minimum absolute atomic E-state index is 0.0519. The number of nitriles is 1. The largest absolute Gasteiger partial charge is 0.384 e. The van der Waals surface area contributed by atoms with Crippen molar-refractivity contribution in [2.45, 2.75) is 11.9 Å². The highest BCUT2D eigenvalue weighted by molar-refractivity contribution is 7.89. The van der Waals surface area contributed by atoms with Gasteiger partial charge in [-0.1, -0.05) is 12.1 Å². The van der Waals surface area contributed by atoms with Crippen molar-refractivity contribution in [1.29, 1.82) is 5.26 Å². The van der Waals surface area contributed by atoms with Crippen LogP contribution in [0.15, 0.2) is 47.5 Å². The van der Waals surface area contributed by atoms with Gasteiger partial charge in [-0.2, -0.15) is 22.3 Å². The molecular formula is C23H25N9O6S2. The molecule has 1 saturated heterocycles. The number of para-hydroxylation sites is 1. The number of sulfonamides is 1. The first-order chi connectivity index (χ1) is 18.9. The Labute approximate surface area is 231 Å². The molecule has 4 rings (SSSR count). The molecule has 0 saturated carbocycles. The quantitative estimate of drug-likeness (QED) is 0.382. The molecule has 2 aromatic heterocycles. The lowest BCUT2D eigenvalue weighted by Gasteiger charge is -2.33. The van der Waals surface area contributed by atoms with Crippen molar-refractivity contribution in [2.24, 2.45) is 0 Å². The van der Waals surface area contributed by atoms with E-state index in [1.807, 2.05) is 6.07 Å². The molecule has 0 atom stereocenters. The lowest BCUT2D eigenvalue weighted by molar-refractivity contribution is 0.102. The number of aryl methyl sites for hydroxylation is 1. The molecule has 0 bridgehead atoms. The summed E-state index contributed by atoms with van der Waals surface area (Å²) in [7, 11) is -5.52. The highest BCUT2D eigenvalue weighted by atomic mass is 32.2. The number of rotatable bonds is 8. The third-order valence-electron chi connectivity index (χ3n) is 5.74. The first-order valence-corrected chi connectivity index (χ1v) is 14.6. The fourth-order valence-electron chi connectivity index (χ4n) is 3.64. The molecule has 0 spiro atoms. The fourth-order valence-corrected chi connectivity index (χ4v) is 5.45. The Bertz CT molecular complexity index is 1670. The molecule has 1 aromatic carbocycles. The molecule has 1 amide bonds. The summed E-state index contributed by atoms with van der Waals surface area (Å²) in [6, 6.07) is 11.8. The van der Waals surface area contributed by atoms with Crippen LogP contribution in [0.4, 0.5) is 11.8 Å². The maximum atomic E-state index is 13.1. The van der Waals surface area contributed by atoms with Crippen LogP contribution in [-0.4, -0.2) is 91.8 Å². The van der Waals surface area contributed by atoms with Crippen molar-refractivity contribution in [2.75, 3.05) is 50.5 Å². The van der Waals surface area contributed by atoms with Gasteiger partial charge < -0.3 is 14.4 Å². The summed E-state index contributed by atoms with van der Waals surface area (Å²) in [5, 5.41) is 18.9. The van der Waals surface area contributed by atoms with E-state index in [0.29, 0.717) is 24.7 Å². The third kappa shape index (κ3) is 6.31. The van der Waals surface area contributed by atoms with Crippen LogP contribution >= 0.6 is 0 Å². The fraction of sp³-hybridized carbons (Fsp3) is 0.304. The van der Waals surface area contributed by atoms with E-state index >= 15 is 0 Å². The Balaban J connectivity index is 1.43. The zero-order valence-electron chi connectivity index (χ0n) is 21.7. The van der Waals surface area contributed by atoms with E-state index in [0.717, 1.165) is 4.31 Å².